The summed E-state index contributed by atoms with van der Waals surface area (Å²) in [5.74, 6) is 2.39. The molecule has 1 unspecified atom stereocenters. The smallest absolute Gasteiger partial charge is 0.254 e. The lowest BCUT2D eigenvalue weighted by molar-refractivity contribution is 0.181. The number of hydrogen-bond donors (Lipinski definition) is 1. The monoisotopic (exact) mass is 325 g/mol. The molecule has 0 aliphatic heterocycles. The molecule has 1 aliphatic rings. The van der Waals surface area contributed by atoms with Gasteiger partial charge < -0.3 is 14.8 Å². The first-order valence-corrected chi connectivity index (χ1v) is 7.91. The molecule has 1 atom stereocenters. The van der Waals surface area contributed by atoms with Gasteiger partial charge in [0, 0.05) is 13.2 Å². The van der Waals surface area contributed by atoms with Gasteiger partial charge in [0.15, 0.2) is 0 Å². The first kappa shape index (κ1) is 14.9. The number of ether oxygens (including phenoxy) is 2. The van der Waals surface area contributed by atoms with E-state index in [0.29, 0.717) is 12.4 Å². The molecule has 0 spiro atoms. The van der Waals surface area contributed by atoms with Crippen molar-refractivity contribution >= 4 is 11.6 Å². The molecule has 2 heterocycles. The Hall–Kier alpha value is -2.67. The zero-order valence-electron chi connectivity index (χ0n) is 13.7. The summed E-state index contributed by atoms with van der Waals surface area (Å²) >= 11 is 0. The molecule has 7 nitrogen and oxygen atoms in total. The predicted molar refractivity (Wildman–Crippen MR) is 89.2 cm³/mol. The maximum absolute atomic E-state index is 5.48. The van der Waals surface area contributed by atoms with Gasteiger partial charge in [0.1, 0.15) is 17.9 Å². The predicted octanol–water partition coefficient (Wildman–Crippen LogP) is 2.38. The highest BCUT2D eigenvalue weighted by molar-refractivity contribution is 5.51. The molecule has 0 saturated heterocycles. The Bertz CT molecular complexity index is 877. The SMILES string of the molecule is COCc1cc(NC2CCc3c(OC)cccc32)n2ncnc2n1. The summed E-state index contributed by atoms with van der Waals surface area (Å²) in [6.45, 7) is 0.438. The third-order valence-corrected chi connectivity index (χ3v) is 4.37. The highest BCUT2D eigenvalue weighted by atomic mass is 16.5. The first-order valence-electron chi connectivity index (χ1n) is 7.91. The van der Waals surface area contributed by atoms with E-state index in [0.717, 1.165) is 30.1 Å². The van der Waals surface area contributed by atoms with E-state index in [4.69, 9.17) is 9.47 Å². The van der Waals surface area contributed by atoms with Gasteiger partial charge in [0.2, 0.25) is 0 Å². The normalized spacial score (nSPS) is 16.3. The lowest BCUT2D eigenvalue weighted by Crippen LogP contribution is -2.12. The van der Waals surface area contributed by atoms with Crippen LogP contribution in [-0.2, 0) is 17.8 Å². The Kier molecular flexibility index (Phi) is 3.78. The number of nitrogens with one attached hydrogen (secondary N) is 1. The van der Waals surface area contributed by atoms with Crippen LogP contribution in [-0.4, -0.2) is 33.8 Å². The van der Waals surface area contributed by atoms with E-state index in [1.165, 1.54) is 17.5 Å². The second-order valence-electron chi connectivity index (χ2n) is 5.80. The fraction of sp³-hybridized carbons (Fsp3) is 0.353. The quantitative estimate of drug-likeness (QED) is 0.776. The van der Waals surface area contributed by atoms with Gasteiger partial charge in [0.05, 0.1) is 25.5 Å². The Labute approximate surface area is 139 Å². The van der Waals surface area contributed by atoms with Gasteiger partial charge in [0.25, 0.3) is 5.78 Å². The summed E-state index contributed by atoms with van der Waals surface area (Å²) < 4.78 is 12.4. The van der Waals surface area contributed by atoms with E-state index < -0.39 is 0 Å². The summed E-state index contributed by atoms with van der Waals surface area (Å²) in [6.07, 6.45) is 3.51. The van der Waals surface area contributed by atoms with Gasteiger partial charge in [-0.1, -0.05) is 12.1 Å². The standard InChI is InChI=1S/C17H19N5O2/c1-23-9-11-8-16(22-17(20-11)18-10-19-22)21-14-7-6-13-12(14)4-3-5-15(13)24-2/h3-5,8,10,14,21H,6-7,9H2,1-2H3. The van der Waals surface area contributed by atoms with Crippen LogP contribution in [0.4, 0.5) is 5.82 Å². The van der Waals surface area contributed by atoms with Crippen LogP contribution in [0.3, 0.4) is 0 Å². The van der Waals surface area contributed by atoms with Crippen molar-refractivity contribution in [2.24, 2.45) is 0 Å². The molecule has 1 N–H and O–H groups in total. The third kappa shape index (κ3) is 2.46. The molecule has 0 saturated carbocycles. The van der Waals surface area contributed by atoms with Gasteiger partial charge in [-0.05, 0) is 30.0 Å². The highest BCUT2D eigenvalue weighted by Crippen LogP contribution is 2.38. The minimum atomic E-state index is 0.209. The molecule has 2 aromatic heterocycles. The fourth-order valence-electron chi connectivity index (χ4n) is 3.33. The van der Waals surface area contributed by atoms with Crippen molar-refractivity contribution in [3.8, 4) is 5.75 Å². The van der Waals surface area contributed by atoms with Gasteiger partial charge in [-0.25, -0.2) is 4.98 Å². The summed E-state index contributed by atoms with van der Waals surface area (Å²) in [6, 6.07) is 8.37. The molecule has 0 bridgehead atoms. The van der Waals surface area contributed by atoms with Crippen LogP contribution in [0.15, 0.2) is 30.6 Å². The Balaban J connectivity index is 1.70. The molecule has 24 heavy (non-hydrogen) atoms. The van der Waals surface area contributed by atoms with E-state index in [1.54, 1.807) is 18.7 Å². The molecule has 0 radical (unpaired) electrons. The van der Waals surface area contributed by atoms with Gasteiger partial charge in [-0.2, -0.15) is 14.6 Å². The highest BCUT2D eigenvalue weighted by Gasteiger charge is 2.26. The second kappa shape index (κ2) is 6.09. The number of nitrogens with zero attached hydrogens (tertiary/aromatic N) is 4. The number of aromatic nitrogens is 4. The van der Waals surface area contributed by atoms with E-state index in [1.807, 2.05) is 18.2 Å². The largest absolute Gasteiger partial charge is 0.496 e. The van der Waals surface area contributed by atoms with Crippen molar-refractivity contribution in [1.29, 1.82) is 0 Å². The second-order valence-corrected chi connectivity index (χ2v) is 5.80. The van der Waals surface area contributed by atoms with Gasteiger partial charge in [-0.15, -0.1) is 0 Å². The molecule has 0 fully saturated rings. The number of fused-ring (bicyclic) bond motifs is 2. The van der Waals surface area contributed by atoms with Crippen molar-refractivity contribution < 1.29 is 9.47 Å². The lowest BCUT2D eigenvalue weighted by atomic mass is 10.1. The maximum Gasteiger partial charge on any atom is 0.254 e. The molecule has 4 rings (SSSR count). The van der Waals surface area contributed by atoms with Crippen LogP contribution in [0.2, 0.25) is 0 Å². The van der Waals surface area contributed by atoms with Crippen molar-refractivity contribution in [1.82, 2.24) is 19.6 Å². The molecule has 7 heteroatoms. The molecular formula is C17H19N5O2. The molecular weight excluding hydrogens is 306 g/mol. The number of methoxy groups -OCH3 is 2. The zero-order chi connectivity index (χ0) is 16.5. The zero-order valence-corrected chi connectivity index (χ0v) is 13.7. The average molecular weight is 325 g/mol. The average Bonchev–Trinajstić information content (AvgIpc) is 3.22. The Morgan fingerprint density at radius 2 is 2.25 bits per heavy atom. The summed E-state index contributed by atoms with van der Waals surface area (Å²) in [4.78, 5) is 8.63. The fourth-order valence-corrected chi connectivity index (χ4v) is 3.33. The number of anilines is 1. The molecule has 1 aliphatic carbocycles. The van der Waals surface area contributed by atoms with Crippen LogP contribution in [0, 0.1) is 0 Å². The minimum absolute atomic E-state index is 0.209. The van der Waals surface area contributed by atoms with Crippen LogP contribution in [0.5, 0.6) is 5.75 Å². The summed E-state index contributed by atoms with van der Waals surface area (Å²) in [5, 5.41) is 7.85. The molecule has 3 aromatic rings. The minimum Gasteiger partial charge on any atom is -0.496 e. The van der Waals surface area contributed by atoms with Gasteiger partial charge >= 0.3 is 0 Å². The van der Waals surface area contributed by atoms with E-state index in [-0.39, 0.29) is 6.04 Å². The van der Waals surface area contributed by atoms with E-state index >= 15 is 0 Å². The topological polar surface area (TPSA) is 73.6 Å². The molecule has 1 aromatic carbocycles. The number of benzene rings is 1. The van der Waals surface area contributed by atoms with Crippen molar-refractivity contribution in [3.05, 3.63) is 47.4 Å². The maximum atomic E-state index is 5.48. The molecule has 124 valence electrons. The first-order chi connectivity index (χ1) is 11.8. The van der Waals surface area contributed by atoms with Crippen LogP contribution in [0.1, 0.15) is 29.3 Å². The van der Waals surface area contributed by atoms with Crippen LogP contribution >= 0.6 is 0 Å². The summed E-state index contributed by atoms with van der Waals surface area (Å²) in [7, 11) is 3.37. The lowest BCUT2D eigenvalue weighted by Gasteiger charge is -2.17. The summed E-state index contributed by atoms with van der Waals surface area (Å²) in [5.41, 5.74) is 3.37. The van der Waals surface area contributed by atoms with E-state index in [9.17, 15) is 0 Å². The van der Waals surface area contributed by atoms with Gasteiger partial charge in [-0.3, -0.25) is 0 Å². The van der Waals surface area contributed by atoms with Crippen molar-refractivity contribution in [2.75, 3.05) is 19.5 Å². The Morgan fingerprint density at radius 3 is 3.08 bits per heavy atom. The van der Waals surface area contributed by atoms with Crippen molar-refractivity contribution in [2.45, 2.75) is 25.5 Å². The van der Waals surface area contributed by atoms with E-state index in [2.05, 4.69) is 26.4 Å². The van der Waals surface area contributed by atoms with Crippen LogP contribution < -0.4 is 10.1 Å². The number of rotatable bonds is 5. The van der Waals surface area contributed by atoms with Crippen LogP contribution in [0.25, 0.3) is 5.78 Å². The Morgan fingerprint density at radius 1 is 1.33 bits per heavy atom. The van der Waals surface area contributed by atoms with Crippen molar-refractivity contribution in [3.63, 3.8) is 0 Å². The third-order valence-electron chi connectivity index (χ3n) is 4.37. The number of hydrogen-bond acceptors (Lipinski definition) is 6. The molecule has 0 amide bonds.